The van der Waals surface area contributed by atoms with Crippen LogP contribution in [0.3, 0.4) is 0 Å². The van der Waals surface area contributed by atoms with Gasteiger partial charge in [-0.1, -0.05) is 12.1 Å². The van der Waals surface area contributed by atoms with Crippen LogP contribution in [-0.2, 0) is 11.2 Å². The number of H-pyrrole nitrogens is 1. The van der Waals surface area contributed by atoms with E-state index in [1.54, 1.807) is 18.3 Å². The summed E-state index contributed by atoms with van der Waals surface area (Å²) in [6.45, 7) is 1.51. The van der Waals surface area contributed by atoms with Crippen molar-refractivity contribution in [2.45, 2.75) is 25.3 Å². The number of aromatic amines is 1. The lowest BCUT2D eigenvalue weighted by atomic mass is 10.0. The second-order valence-corrected chi connectivity index (χ2v) is 5.94. The minimum absolute atomic E-state index is 0.0575. The fourth-order valence-corrected chi connectivity index (χ4v) is 2.89. The summed E-state index contributed by atoms with van der Waals surface area (Å²) >= 11 is 0. The van der Waals surface area contributed by atoms with Crippen LogP contribution in [0, 0.1) is 5.82 Å². The highest BCUT2D eigenvalue weighted by Gasteiger charge is 2.21. The molecular weight excluding hydrogens is 311 g/mol. The van der Waals surface area contributed by atoms with Gasteiger partial charge in [0.25, 0.3) is 5.56 Å². The molecule has 1 fully saturated rings. The number of anilines is 1. The Morgan fingerprint density at radius 1 is 1.29 bits per heavy atom. The third-order valence-corrected chi connectivity index (χ3v) is 4.15. The van der Waals surface area contributed by atoms with Crippen LogP contribution < -0.4 is 15.8 Å². The van der Waals surface area contributed by atoms with Crippen molar-refractivity contribution in [1.29, 1.82) is 0 Å². The summed E-state index contributed by atoms with van der Waals surface area (Å²) in [7, 11) is 0. The van der Waals surface area contributed by atoms with Gasteiger partial charge in [-0.25, -0.2) is 9.49 Å². The van der Waals surface area contributed by atoms with Crippen molar-refractivity contribution in [2.75, 3.05) is 18.0 Å². The lowest BCUT2D eigenvalue weighted by Crippen LogP contribution is -2.45. The van der Waals surface area contributed by atoms with Crippen LogP contribution in [0.4, 0.5) is 10.1 Å². The number of aromatic nitrogens is 2. The van der Waals surface area contributed by atoms with Crippen LogP contribution in [0.15, 0.2) is 41.3 Å². The molecule has 0 atom stereocenters. The second kappa shape index (κ2) is 7.25. The zero-order chi connectivity index (χ0) is 16.9. The molecule has 2 heterocycles. The number of hydrogen-bond donors (Lipinski definition) is 2. The van der Waals surface area contributed by atoms with Crippen molar-refractivity contribution in [1.82, 2.24) is 15.5 Å². The standard InChI is InChI=1S/C17H19FN4O2/c18-13-3-1-12(2-4-13)9-16(23)20-14-5-7-22(8-6-14)15-10-17(24)21-19-11-15/h1-4,10-11,14H,5-9H2,(H,20,23)(H,21,24). The molecule has 1 amide bonds. The third-order valence-electron chi connectivity index (χ3n) is 4.15. The van der Waals surface area contributed by atoms with E-state index in [9.17, 15) is 14.0 Å². The average Bonchev–Trinajstić information content (AvgIpc) is 2.58. The molecule has 7 heteroatoms. The number of benzene rings is 1. The molecule has 1 aromatic carbocycles. The highest BCUT2D eigenvalue weighted by Crippen LogP contribution is 2.17. The fraction of sp³-hybridized carbons (Fsp3) is 0.353. The summed E-state index contributed by atoms with van der Waals surface area (Å²) in [6.07, 6.45) is 3.50. The van der Waals surface area contributed by atoms with Crippen molar-refractivity contribution >= 4 is 11.6 Å². The predicted octanol–water partition coefficient (Wildman–Crippen LogP) is 1.24. The minimum Gasteiger partial charge on any atom is -0.370 e. The normalized spacial score (nSPS) is 15.3. The van der Waals surface area contributed by atoms with Crippen molar-refractivity contribution in [3.63, 3.8) is 0 Å². The highest BCUT2D eigenvalue weighted by molar-refractivity contribution is 5.78. The molecule has 0 saturated carbocycles. The molecule has 0 spiro atoms. The molecule has 126 valence electrons. The maximum atomic E-state index is 12.9. The topological polar surface area (TPSA) is 78.1 Å². The van der Waals surface area contributed by atoms with Crippen LogP contribution in [0.25, 0.3) is 0 Å². The van der Waals surface area contributed by atoms with Crippen LogP contribution in [0.1, 0.15) is 18.4 Å². The number of carbonyl (C=O) groups is 1. The van der Waals surface area contributed by atoms with E-state index < -0.39 is 0 Å². The van der Waals surface area contributed by atoms with Gasteiger partial charge in [0.1, 0.15) is 5.82 Å². The Morgan fingerprint density at radius 3 is 2.67 bits per heavy atom. The quantitative estimate of drug-likeness (QED) is 0.884. The second-order valence-electron chi connectivity index (χ2n) is 5.94. The summed E-state index contributed by atoms with van der Waals surface area (Å²) in [5.74, 6) is -0.362. The number of hydrogen-bond acceptors (Lipinski definition) is 4. The van der Waals surface area contributed by atoms with E-state index in [4.69, 9.17) is 0 Å². The van der Waals surface area contributed by atoms with Gasteiger partial charge in [-0.2, -0.15) is 5.10 Å². The van der Waals surface area contributed by atoms with Gasteiger partial charge in [0.05, 0.1) is 18.3 Å². The molecular formula is C17H19FN4O2. The largest absolute Gasteiger partial charge is 0.370 e. The number of amides is 1. The molecule has 2 N–H and O–H groups in total. The van der Waals surface area contributed by atoms with E-state index >= 15 is 0 Å². The van der Waals surface area contributed by atoms with E-state index in [-0.39, 0.29) is 29.7 Å². The van der Waals surface area contributed by atoms with Gasteiger partial charge in [-0.05, 0) is 30.5 Å². The van der Waals surface area contributed by atoms with Crippen LogP contribution in [0.2, 0.25) is 0 Å². The fourth-order valence-electron chi connectivity index (χ4n) is 2.89. The summed E-state index contributed by atoms with van der Waals surface area (Å²) in [4.78, 5) is 25.5. The van der Waals surface area contributed by atoms with Gasteiger partial charge in [0.2, 0.25) is 5.91 Å². The smallest absolute Gasteiger partial charge is 0.266 e. The molecule has 0 bridgehead atoms. The zero-order valence-corrected chi connectivity index (χ0v) is 13.2. The Hall–Kier alpha value is -2.70. The number of halogens is 1. The SMILES string of the molecule is O=C(Cc1ccc(F)cc1)NC1CCN(c2cn[nH]c(=O)c2)CC1. The molecule has 0 unspecified atom stereocenters. The summed E-state index contributed by atoms with van der Waals surface area (Å²) < 4.78 is 12.9. The number of nitrogens with zero attached hydrogens (tertiary/aromatic N) is 2. The molecule has 1 aromatic heterocycles. The first-order valence-electron chi connectivity index (χ1n) is 7.93. The lowest BCUT2D eigenvalue weighted by Gasteiger charge is -2.33. The van der Waals surface area contributed by atoms with Gasteiger partial charge in [-0.15, -0.1) is 0 Å². The first-order valence-corrected chi connectivity index (χ1v) is 7.93. The van der Waals surface area contributed by atoms with Crippen LogP contribution >= 0.6 is 0 Å². The van der Waals surface area contributed by atoms with Gasteiger partial charge in [0.15, 0.2) is 0 Å². The molecule has 1 aliphatic heterocycles. The van der Waals surface area contributed by atoms with Gasteiger partial charge >= 0.3 is 0 Å². The van der Waals surface area contributed by atoms with Gasteiger partial charge < -0.3 is 10.2 Å². The maximum Gasteiger partial charge on any atom is 0.266 e. The zero-order valence-electron chi connectivity index (χ0n) is 13.2. The number of rotatable bonds is 4. The van der Waals surface area contributed by atoms with Crippen LogP contribution in [-0.4, -0.2) is 35.2 Å². The Balaban J connectivity index is 1.49. The Labute approximate surface area is 138 Å². The summed E-state index contributed by atoms with van der Waals surface area (Å²) in [5, 5.41) is 9.19. The molecule has 0 aliphatic carbocycles. The third kappa shape index (κ3) is 4.18. The summed E-state index contributed by atoms with van der Waals surface area (Å²) in [6, 6.07) is 7.60. The lowest BCUT2D eigenvalue weighted by molar-refractivity contribution is -0.121. The number of carbonyl (C=O) groups excluding carboxylic acids is 1. The predicted molar refractivity (Wildman–Crippen MR) is 88.3 cm³/mol. The Morgan fingerprint density at radius 2 is 2.00 bits per heavy atom. The number of piperidine rings is 1. The van der Waals surface area contributed by atoms with Crippen molar-refractivity contribution < 1.29 is 9.18 Å². The number of nitrogens with one attached hydrogen (secondary N) is 2. The molecule has 1 saturated heterocycles. The monoisotopic (exact) mass is 330 g/mol. The van der Waals surface area contributed by atoms with E-state index in [1.807, 2.05) is 0 Å². The minimum atomic E-state index is -0.305. The first-order chi connectivity index (χ1) is 11.6. The highest BCUT2D eigenvalue weighted by atomic mass is 19.1. The van der Waals surface area contributed by atoms with E-state index in [2.05, 4.69) is 20.4 Å². The van der Waals surface area contributed by atoms with Crippen molar-refractivity contribution in [2.24, 2.45) is 0 Å². The average molecular weight is 330 g/mol. The summed E-state index contributed by atoms with van der Waals surface area (Å²) in [5.41, 5.74) is 1.37. The Bertz CT molecular complexity index is 752. The van der Waals surface area contributed by atoms with Gasteiger partial charge in [-0.3, -0.25) is 9.59 Å². The molecule has 2 aromatic rings. The van der Waals surface area contributed by atoms with E-state index in [0.717, 1.165) is 37.2 Å². The van der Waals surface area contributed by atoms with Crippen LogP contribution in [0.5, 0.6) is 0 Å². The maximum absolute atomic E-state index is 12.9. The van der Waals surface area contributed by atoms with E-state index in [0.29, 0.717) is 0 Å². The van der Waals surface area contributed by atoms with E-state index in [1.165, 1.54) is 18.2 Å². The Kier molecular flexibility index (Phi) is 4.88. The molecule has 6 nitrogen and oxygen atoms in total. The molecule has 24 heavy (non-hydrogen) atoms. The molecule has 3 rings (SSSR count). The molecule has 1 aliphatic rings. The molecule has 0 radical (unpaired) electrons. The van der Waals surface area contributed by atoms with Crippen molar-refractivity contribution in [3.05, 3.63) is 58.3 Å². The van der Waals surface area contributed by atoms with Crippen molar-refractivity contribution in [3.8, 4) is 0 Å². The van der Waals surface area contributed by atoms with Gasteiger partial charge in [0, 0.05) is 25.2 Å². The first kappa shape index (κ1) is 16.2.